The number of anilines is 3. The van der Waals surface area contributed by atoms with Gasteiger partial charge in [0.25, 0.3) is 0 Å². The predicted molar refractivity (Wildman–Crippen MR) is 230 cm³/mol. The van der Waals surface area contributed by atoms with E-state index in [1.807, 2.05) is 0 Å². The Morgan fingerprint density at radius 1 is 0.345 bits per heavy atom. The summed E-state index contributed by atoms with van der Waals surface area (Å²) in [6.07, 6.45) is 0. The predicted octanol–water partition coefficient (Wildman–Crippen LogP) is 14.9. The van der Waals surface area contributed by atoms with Crippen LogP contribution in [0.25, 0.3) is 66.1 Å². The quantitative estimate of drug-likeness (QED) is 0.181. The van der Waals surface area contributed by atoms with E-state index in [1.165, 1.54) is 49.5 Å². The van der Waals surface area contributed by atoms with Gasteiger partial charge in [0.15, 0.2) is 0 Å². The molecule has 0 radical (unpaired) electrons. The SMILES string of the molecule is CC1(C)c2ccccc2-c2ccc(N(c3ccccc3)c3ccc4c(c3)-c3ccc(-c5ccc6ccccc6c5)cc3-c3cc5ccccc5cc3O4)cc21. The van der Waals surface area contributed by atoms with E-state index in [4.69, 9.17) is 4.74 Å². The molecule has 1 heterocycles. The highest BCUT2D eigenvalue weighted by Gasteiger charge is 2.36. The lowest BCUT2D eigenvalue weighted by molar-refractivity contribution is 0.488. The monoisotopic (exact) mass is 703 g/mol. The van der Waals surface area contributed by atoms with Gasteiger partial charge in [-0.25, -0.2) is 0 Å². The molecule has 0 saturated carbocycles. The third-order valence-corrected chi connectivity index (χ3v) is 11.8. The molecule has 1 aliphatic heterocycles. The molecule has 0 spiro atoms. The number of rotatable bonds is 4. The second-order valence-electron chi connectivity index (χ2n) is 15.4. The second-order valence-corrected chi connectivity index (χ2v) is 15.4. The third-order valence-electron chi connectivity index (χ3n) is 11.8. The smallest absolute Gasteiger partial charge is 0.135 e. The van der Waals surface area contributed by atoms with E-state index in [0.29, 0.717) is 0 Å². The minimum atomic E-state index is -0.108. The van der Waals surface area contributed by atoms with Gasteiger partial charge in [0.1, 0.15) is 11.5 Å². The average molecular weight is 704 g/mol. The van der Waals surface area contributed by atoms with Gasteiger partial charge in [0.2, 0.25) is 0 Å². The van der Waals surface area contributed by atoms with Crippen molar-refractivity contribution in [1.82, 2.24) is 0 Å². The summed E-state index contributed by atoms with van der Waals surface area (Å²) in [5.41, 5.74) is 15.4. The first-order chi connectivity index (χ1) is 27.0. The van der Waals surface area contributed by atoms with Gasteiger partial charge in [-0.3, -0.25) is 0 Å². The Kier molecular flexibility index (Phi) is 6.93. The molecule has 55 heavy (non-hydrogen) atoms. The Labute approximate surface area is 321 Å². The molecule has 0 unspecified atom stereocenters. The van der Waals surface area contributed by atoms with Crippen LogP contribution in [0.3, 0.4) is 0 Å². The van der Waals surface area contributed by atoms with Gasteiger partial charge in [-0.2, -0.15) is 0 Å². The van der Waals surface area contributed by atoms with Gasteiger partial charge in [-0.1, -0.05) is 135 Å². The molecule has 0 fully saturated rings. The lowest BCUT2D eigenvalue weighted by Crippen LogP contribution is -2.16. The van der Waals surface area contributed by atoms with Crippen molar-refractivity contribution in [3.8, 4) is 56.0 Å². The van der Waals surface area contributed by atoms with Crippen LogP contribution in [-0.2, 0) is 5.41 Å². The topological polar surface area (TPSA) is 12.5 Å². The van der Waals surface area contributed by atoms with Crippen LogP contribution < -0.4 is 9.64 Å². The first kappa shape index (κ1) is 31.6. The summed E-state index contributed by atoms with van der Waals surface area (Å²) in [6, 6.07) is 68.5. The molecular weight excluding hydrogens is 667 g/mol. The molecular formula is C53H37NO. The molecule has 2 aliphatic rings. The molecule has 0 amide bonds. The van der Waals surface area contributed by atoms with Gasteiger partial charge in [0.05, 0.1) is 0 Å². The highest BCUT2D eigenvalue weighted by Crippen LogP contribution is 2.53. The number of nitrogens with zero attached hydrogens (tertiary/aromatic N) is 1. The Morgan fingerprint density at radius 2 is 0.945 bits per heavy atom. The molecule has 2 nitrogen and oxygen atoms in total. The van der Waals surface area contributed by atoms with Crippen LogP contribution in [0.1, 0.15) is 25.0 Å². The van der Waals surface area contributed by atoms with Crippen molar-refractivity contribution in [1.29, 1.82) is 0 Å². The molecule has 11 rings (SSSR count). The van der Waals surface area contributed by atoms with E-state index in [0.717, 1.165) is 56.2 Å². The van der Waals surface area contributed by atoms with Gasteiger partial charge in [-0.05, 0) is 133 Å². The molecule has 9 aromatic carbocycles. The lowest BCUT2D eigenvalue weighted by atomic mass is 9.82. The van der Waals surface area contributed by atoms with Crippen molar-refractivity contribution < 1.29 is 4.74 Å². The summed E-state index contributed by atoms with van der Waals surface area (Å²) in [7, 11) is 0. The maximum atomic E-state index is 6.95. The fourth-order valence-corrected chi connectivity index (χ4v) is 9.00. The zero-order valence-corrected chi connectivity index (χ0v) is 30.8. The van der Waals surface area contributed by atoms with E-state index >= 15 is 0 Å². The minimum absolute atomic E-state index is 0.108. The Bertz CT molecular complexity index is 2990. The molecule has 0 N–H and O–H groups in total. The van der Waals surface area contributed by atoms with Crippen molar-refractivity contribution in [2.24, 2.45) is 0 Å². The van der Waals surface area contributed by atoms with Gasteiger partial charge < -0.3 is 9.64 Å². The second kappa shape index (κ2) is 12.1. The van der Waals surface area contributed by atoms with Gasteiger partial charge >= 0.3 is 0 Å². The van der Waals surface area contributed by atoms with E-state index < -0.39 is 0 Å². The van der Waals surface area contributed by atoms with Crippen molar-refractivity contribution in [3.05, 3.63) is 199 Å². The summed E-state index contributed by atoms with van der Waals surface area (Å²) in [5, 5.41) is 4.83. The average Bonchev–Trinajstić information content (AvgIpc) is 3.37. The van der Waals surface area contributed by atoms with Crippen LogP contribution in [0.2, 0.25) is 0 Å². The molecule has 0 atom stereocenters. The number of ether oxygens (including phenoxy) is 1. The van der Waals surface area contributed by atoms with E-state index in [-0.39, 0.29) is 5.41 Å². The molecule has 1 aliphatic carbocycles. The summed E-state index contributed by atoms with van der Waals surface area (Å²) in [4.78, 5) is 2.38. The first-order valence-electron chi connectivity index (χ1n) is 19.1. The Balaban J connectivity index is 1.11. The zero-order valence-electron chi connectivity index (χ0n) is 30.8. The lowest BCUT2D eigenvalue weighted by Gasteiger charge is -2.28. The fourth-order valence-electron chi connectivity index (χ4n) is 9.00. The normalized spacial score (nSPS) is 13.2. The summed E-state index contributed by atoms with van der Waals surface area (Å²) >= 11 is 0. The maximum Gasteiger partial charge on any atom is 0.135 e. The van der Waals surface area contributed by atoms with Crippen LogP contribution in [0, 0.1) is 0 Å². The minimum Gasteiger partial charge on any atom is -0.456 e. The highest BCUT2D eigenvalue weighted by atomic mass is 16.5. The van der Waals surface area contributed by atoms with Gasteiger partial charge in [-0.15, -0.1) is 0 Å². The van der Waals surface area contributed by atoms with Gasteiger partial charge in [0, 0.05) is 33.6 Å². The van der Waals surface area contributed by atoms with Crippen LogP contribution in [-0.4, -0.2) is 0 Å². The van der Waals surface area contributed by atoms with E-state index in [1.54, 1.807) is 0 Å². The summed E-state index contributed by atoms with van der Waals surface area (Å²) in [6.45, 7) is 4.69. The van der Waals surface area contributed by atoms with Crippen LogP contribution in [0.15, 0.2) is 188 Å². The van der Waals surface area contributed by atoms with Crippen molar-refractivity contribution in [2.75, 3.05) is 4.90 Å². The number of hydrogen-bond donors (Lipinski definition) is 0. The van der Waals surface area contributed by atoms with Crippen LogP contribution in [0.5, 0.6) is 11.5 Å². The Morgan fingerprint density at radius 3 is 1.78 bits per heavy atom. The molecule has 0 saturated heterocycles. The zero-order chi connectivity index (χ0) is 36.7. The number of benzene rings is 9. The highest BCUT2D eigenvalue weighted by molar-refractivity contribution is 6.00. The number of para-hydroxylation sites is 1. The number of fused-ring (bicyclic) bond motifs is 10. The maximum absolute atomic E-state index is 6.95. The standard InChI is InChI=1S/C53H37NO/c1-53(2)49-19-11-10-18-44(49)45-26-23-42(33-50(45)53)54(40-16-4-3-5-17-40)41-24-27-51-48(32-41)43-25-22-39(38-21-20-34-12-6-7-13-35(34)28-38)29-46(43)47-30-36-14-8-9-15-37(36)31-52(47)55-51/h3-33H,1-2H3. The Hall–Kier alpha value is -6.90. The third kappa shape index (κ3) is 5.02. The molecule has 9 aromatic rings. The van der Waals surface area contributed by atoms with Crippen molar-refractivity contribution in [3.63, 3.8) is 0 Å². The summed E-state index contributed by atoms with van der Waals surface area (Å²) in [5.74, 6) is 1.71. The van der Waals surface area contributed by atoms with Crippen LogP contribution in [0.4, 0.5) is 17.1 Å². The molecule has 0 bridgehead atoms. The molecule has 2 heteroatoms. The summed E-state index contributed by atoms with van der Waals surface area (Å²) < 4.78 is 6.95. The largest absolute Gasteiger partial charge is 0.456 e. The van der Waals surface area contributed by atoms with E-state index in [2.05, 4.69) is 207 Å². The fraction of sp³-hybridized carbons (Fsp3) is 0.0566. The number of hydrogen-bond acceptors (Lipinski definition) is 2. The molecule has 260 valence electrons. The molecule has 0 aromatic heterocycles. The van der Waals surface area contributed by atoms with Crippen molar-refractivity contribution >= 4 is 38.6 Å². The van der Waals surface area contributed by atoms with E-state index in [9.17, 15) is 0 Å². The van der Waals surface area contributed by atoms with Crippen molar-refractivity contribution in [2.45, 2.75) is 19.3 Å². The van der Waals surface area contributed by atoms with Crippen LogP contribution >= 0.6 is 0 Å². The first-order valence-corrected chi connectivity index (χ1v) is 19.1.